The monoisotopic (exact) mass is 565 g/mol. The van der Waals surface area contributed by atoms with Crippen molar-refractivity contribution in [3.63, 3.8) is 0 Å². The molecule has 0 bridgehead atoms. The molecule has 0 saturated carbocycles. The molecule has 0 aliphatic carbocycles. The SMILES string of the molecule is C[C@@H](C(=O)O)[C@H](C)n1c(=O)[nH]/c(=N\c2ccc(Oc3cncc(C(=O)O)c3)cc2)n(Cc2ccc(Cl)cc2)c1=O. The summed E-state index contributed by atoms with van der Waals surface area (Å²) in [5.41, 5.74) is -0.550. The van der Waals surface area contributed by atoms with E-state index in [1.165, 1.54) is 36.9 Å². The first kappa shape index (κ1) is 28.0. The predicted octanol–water partition coefficient (Wildman–Crippen LogP) is 3.44. The van der Waals surface area contributed by atoms with Crippen molar-refractivity contribution in [2.45, 2.75) is 26.4 Å². The smallest absolute Gasteiger partial charge is 0.337 e. The highest BCUT2D eigenvalue weighted by molar-refractivity contribution is 6.30. The Morgan fingerprint density at radius 2 is 1.70 bits per heavy atom. The Hall–Kier alpha value is -4.97. The van der Waals surface area contributed by atoms with Gasteiger partial charge < -0.3 is 14.9 Å². The molecule has 4 rings (SSSR count). The molecule has 0 aliphatic rings. The molecule has 3 N–H and O–H groups in total. The third kappa shape index (κ3) is 6.35. The van der Waals surface area contributed by atoms with E-state index in [9.17, 15) is 24.3 Å². The van der Waals surface area contributed by atoms with Crippen LogP contribution in [0.2, 0.25) is 5.02 Å². The summed E-state index contributed by atoms with van der Waals surface area (Å²) in [6.45, 7) is 2.92. The predicted molar refractivity (Wildman–Crippen MR) is 144 cm³/mol. The largest absolute Gasteiger partial charge is 0.481 e. The van der Waals surface area contributed by atoms with Crippen molar-refractivity contribution in [2.75, 3.05) is 0 Å². The van der Waals surface area contributed by atoms with Gasteiger partial charge in [-0.1, -0.05) is 23.7 Å². The molecule has 0 aliphatic heterocycles. The number of benzene rings is 2. The Bertz CT molecular complexity index is 1740. The van der Waals surface area contributed by atoms with E-state index < -0.39 is 35.3 Å². The standard InChI is InChI=1S/C27H24ClN5O7/c1-15(23(34)35)16(2)33-26(38)31-25(32(27(33)39)14-17-3-5-19(28)6-4-17)30-20-7-9-21(10-8-20)40-22-11-18(24(36)37)12-29-13-22/h3-13,15-16H,14H2,1-2H3,(H,34,35)(H,36,37)(H,30,31,38)/t15-,16+/m1/s1. The van der Waals surface area contributed by atoms with E-state index in [0.717, 1.165) is 4.57 Å². The summed E-state index contributed by atoms with van der Waals surface area (Å²) in [6.07, 6.45) is 2.57. The van der Waals surface area contributed by atoms with Crippen molar-refractivity contribution in [1.82, 2.24) is 19.1 Å². The van der Waals surface area contributed by atoms with Gasteiger partial charge in [0.2, 0.25) is 5.62 Å². The lowest BCUT2D eigenvalue weighted by molar-refractivity contribution is -0.142. The molecule has 206 valence electrons. The van der Waals surface area contributed by atoms with E-state index in [4.69, 9.17) is 21.4 Å². The van der Waals surface area contributed by atoms with Gasteiger partial charge >= 0.3 is 23.3 Å². The Morgan fingerprint density at radius 1 is 1.02 bits per heavy atom. The highest BCUT2D eigenvalue weighted by Gasteiger charge is 2.25. The Labute approximate surface area is 231 Å². The van der Waals surface area contributed by atoms with Gasteiger partial charge in [-0.25, -0.2) is 23.9 Å². The second-order valence-electron chi connectivity index (χ2n) is 8.91. The van der Waals surface area contributed by atoms with E-state index in [1.807, 2.05) is 0 Å². The molecule has 0 amide bonds. The summed E-state index contributed by atoms with van der Waals surface area (Å²) in [4.78, 5) is 60.1. The maximum Gasteiger partial charge on any atom is 0.337 e. The number of hydrogen-bond donors (Lipinski definition) is 3. The van der Waals surface area contributed by atoms with Crippen LogP contribution in [0.5, 0.6) is 11.5 Å². The van der Waals surface area contributed by atoms with Gasteiger partial charge in [0.05, 0.1) is 36.0 Å². The fourth-order valence-corrected chi connectivity index (χ4v) is 3.89. The normalized spacial score (nSPS) is 13.0. The molecule has 40 heavy (non-hydrogen) atoms. The first-order valence-electron chi connectivity index (χ1n) is 12.0. The van der Waals surface area contributed by atoms with Crippen LogP contribution >= 0.6 is 11.6 Å². The van der Waals surface area contributed by atoms with Gasteiger partial charge in [-0.15, -0.1) is 0 Å². The van der Waals surface area contributed by atoms with E-state index in [2.05, 4.69) is 15.0 Å². The molecule has 2 atom stereocenters. The van der Waals surface area contributed by atoms with Crippen molar-refractivity contribution in [1.29, 1.82) is 0 Å². The molecule has 0 unspecified atom stereocenters. The summed E-state index contributed by atoms with van der Waals surface area (Å²) < 4.78 is 7.77. The number of rotatable bonds is 9. The van der Waals surface area contributed by atoms with Crippen molar-refractivity contribution >= 4 is 29.2 Å². The third-order valence-electron chi connectivity index (χ3n) is 6.17. The second kappa shape index (κ2) is 11.8. The van der Waals surface area contributed by atoms with Crippen LogP contribution in [0.4, 0.5) is 5.69 Å². The Morgan fingerprint density at radius 3 is 2.33 bits per heavy atom. The fourth-order valence-electron chi connectivity index (χ4n) is 3.76. The van der Waals surface area contributed by atoms with E-state index in [1.54, 1.807) is 48.5 Å². The molecule has 0 spiro atoms. The zero-order valence-electron chi connectivity index (χ0n) is 21.3. The number of ether oxygens (including phenoxy) is 1. The number of hydrogen-bond acceptors (Lipinski definition) is 7. The minimum absolute atomic E-state index is 0.0217. The van der Waals surface area contributed by atoms with E-state index in [-0.39, 0.29) is 23.5 Å². The van der Waals surface area contributed by atoms with Crippen molar-refractivity contribution < 1.29 is 24.5 Å². The van der Waals surface area contributed by atoms with Gasteiger partial charge in [0, 0.05) is 11.2 Å². The minimum atomic E-state index is -1.15. The number of carboxylic acid groups (broad SMARTS) is 2. The maximum absolute atomic E-state index is 13.5. The number of halogens is 1. The highest BCUT2D eigenvalue weighted by atomic mass is 35.5. The van der Waals surface area contributed by atoms with Gasteiger partial charge in [-0.05, 0) is 61.9 Å². The maximum atomic E-state index is 13.5. The number of pyridine rings is 1. The quantitative estimate of drug-likeness (QED) is 0.277. The average molecular weight is 566 g/mol. The average Bonchev–Trinajstić information content (AvgIpc) is 2.92. The highest BCUT2D eigenvalue weighted by Crippen LogP contribution is 2.24. The van der Waals surface area contributed by atoms with Gasteiger partial charge in [0.1, 0.15) is 11.5 Å². The zero-order valence-corrected chi connectivity index (χ0v) is 22.1. The number of nitrogens with one attached hydrogen (secondary N) is 1. The second-order valence-corrected chi connectivity index (χ2v) is 9.35. The molecule has 2 aromatic heterocycles. The number of carboxylic acids is 2. The topological polar surface area (TPSA) is 169 Å². The van der Waals surface area contributed by atoms with Crippen molar-refractivity contribution in [3.05, 3.63) is 110 Å². The Balaban J connectivity index is 1.75. The van der Waals surface area contributed by atoms with Crippen molar-refractivity contribution in [3.8, 4) is 11.5 Å². The molecule has 2 heterocycles. The lowest BCUT2D eigenvalue weighted by atomic mass is 10.0. The number of aromatic nitrogens is 4. The number of aromatic carboxylic acids is 1. The first-order valence-corrected chi connectivity index (χ1v) is 12.3. The molecule has 4 aromatic rings. The summed E-state index contributed by atoms with van der Waals surface area (Å²) in [6, 6.07) is 13.5. The molecular weight excluding hydrogens is 542 g/mol. The summed E-state index contributed by atoms with van der Waals surface area (Å²) in [5.74, 6) is -2.70. The number of nitrogens with zero attached hydrogens (tertiary/aromatic N) is 4. The van der Waals surface area contributed by atoms with Crippen LogP contribution < -0.4 is 21.7 Å². The minimum Gasteiger partial charge on any atom is -0.481 e. The molecule has 0 saturated heterocycles. The first-order chi connectivity index (χ1) is 19.0. The van der Waals surface area contributed by atoms with Gasteiger partial charge in [-0.3, -0.25) is 19.3 Å². The number of aromatic amines is 1. The third-order valence-corrected chi connectivity index (χ3v) is 6.42. The van der Waals surface area contributed by atoms with Crippen LogP contribution in [0.15, 0.2) is 81.6 Å². The van der Waals surface area contributed by atoms with Crippen LogP contribution in [-0.4, -0.2) is 41.3 Å². The van der Waals surface area contributed by atoms with Crippen LogP contribution in [-0.2, 0) is 11.3 Å². The number of carbonyl (C=O) groups is 2. The lowest BCUT2D eigenvalue weighted by Crippen LogP contribution is -2.52. The molecule has 0 radical (unpaired) electrons. The molecule has 13 heteroatoms. The van der Waals surface area contributed by atoms with Gasteiger partial charge in [-0.2, -0.15) is 0 Å². The Kier molecular flexibility index (Phi) is 8.29. The van der Waals surface area contributed by atoms with Crippen LogP contribution in [0.1, 0.15) is 35.8 Å². The fraction of sp³-hybridized carbons (Fsp3) is 0.185. The van der Waals surface area contributed by atoms with Crippen LogP contribution in [0.3, 0.4) is 0 Å². The van der Waals surface area contributed by atoms with Gasteiger partial charge in [0.25, 0.3) is 0 Å². The molecule has 12 nitrogen and oxygen atoms in total. The number of H-pyrrole nitrogens is 1. The molecular formula is C27H24ClN5O7. The van der Waals surface area contributed by atoms with E-state index in [0.29, 0.717) is 22.0 Å². The summed E-state index contributed by atoms with van der Waals surface area (Å²) in [7, 11) is 0. The summed E-state index contributed by atoms with van der Waals surface area (Å²) in [5, 5.41) is 19.1. The summed E-state index contributed by atoms with van der Waals surface area (Å²) >= 11 is 5.99. The van der Waals surface area contributed by atoms with Crippen molar-refractivity contribution in [2.24, 2.45) is 10.9 Å². The molecule has 2 aromatic carbocycles. The van der Waals surface area contributed by atoms with Gasteiger partial charge in [0.15, 0.2) is 0 Å². The lowest BCUT2D eigenvalue weighted by Gasteiger charge is -2.19. The zero-order chi connectivity index (χ0) is 29.0. The van der Waals surface area contributed by atoms with Crippen LogP contribution in [0, 0.1) is 5.92 Å². The van der Waals surface area contributed by atoms with E-state index >= 15 is 0 Å². The molecule has 0 fully saturated rings. The number of aliphatic carboxylic acids is 1. The van der Waals surface area contributed by atoms with Crippen LogP contribution in [0.25, 0.3) is 0 Å².